The maximum Gasteiger partial charge on any atom is 0.151 e. The van der Waals surface area contributed by atoms with Crippen molar-refractivity contribution in [2.24, 2.45) is 0 Å². The third-order valence-corrected chi connectivity index (χ3v) is 14.5. The number of nitriles is 2. The van der Waals surface area contributed by atoms with Crippen molar-refractivity contribution in [1.82, 2.24) is 19.1 Å². The molecule has 0 N–H and O–H groups in total. The van der Waals surface area contributed by atoms with Crippen LogP contribution in [0.1, 0.15) is 33.4 Å². The smallest absolute Gasteiger partial charge is 0.151 e. The number of para-hydroxylation sites is 7. The Morgan fingerprint density at radius 3 is 1.41 bits per heavy atom. The summed E-state index contributed by atoms with van der Waals surface area (Å²) in [6, 6.07) is 68.8. The van der Waals surface area contributed by atoms with Crippen LogP contribution in [0, 0.1) is 22.7 Å². The zero-order valence-corrected chi connectivity index (χ0v) is 37.0. The van der Waals surface area contributed by atoms with Gasteiger partial charge in [-0.2, -0.15) is 10.5 Å². The Morgan fingerprint density at radius 1 is 0.386 bits per heavy atom. The molecule has 70 heavy (non-hydrogen) atoms. The van der Waals surface area contributed by atoms with Gasteiger partial charge in [0.15, 0.2) is 11.5 Å². The van der Waals surface area contributed by atoms with Crippen molar-refractivity contribution in [3.63, 3.8) is 0 Å². The molecule has 0 radical (unpaired) electrons. The van der Waals surface area contributed by atoms with Crippen molar-refractivity contribution in [1.29, 1.82) is 10.5 Å². The molecule has 8 aromatic carbocycles. The van der Waals surface area contributed by atoms with E-state index >= 15 is 0 Å². The molecule has 6 heterocycles. The van der Waals surface area contributed by atoms with Gasteiger partial charge in [0.25, 0.3) is 0 Å². The van der Waals surface area contributed by atoms with E-state index in [-0.39, 0.29) is 0 Å². The highest BCUT2D eigenvalue weighted by Crippen LogP contribution is 2.63. The van der Waals surface area contributed by atoms with E-state index in [1.54, 1.807) is 0 Å². The second kappa shape index (κ2) is 14.0. The average molecular weight is 896 g/mol. The molecule has 1 aliphatic carbocycles. The van der Waals surface area contributed by atoms with Gasteiger partial charge in [0.2, 0.25) is 0 Å². The minimum Gasteiger partial charge on any atom is -0.457 e. The molecule has 0 bridgehead atoms. The van der Waals surface area contributed by atoms with Crippen molar-refractivity contribution in [3.05, 3.63) is 234 Å². The van der Waals surface area contributed by atoms with E-state index in [1.807, 2.05) is 109 Å². The van der Waals surface area contributed by atoms with Gasteiger partial charge in [-0.3, -0.25) is 9.97 Å². The SMILES string of the molecule is N#Cc1ccc2c(c1)c1ccccc1n2-c1cnc2c(c1)C1(c3ccccc3Oc3ccc(N4c5ccccc5Oc5ccccc54)cc31)c1cc(-n3c4ccccc4c4cc(C#N)ccc43)cnc1-2. The van der Waals surface area contributed by atoms with Crippen LogP contribution in [0.5, 0.6) is 23.0 Å². The van der Waals surface area contributed by atoms with Crippen LogP contribution in [0.25, 0.3) is 66.4 Å². The highest BCUT2D eigenvalue weighted by molar-refractivity contribution is 6.11. The van der Waals surface area contributed by atoms with E-state index in [0.717, 1.165) is 123 Å². The largest absolute Gasteiger partial charge is 0.457 e. The summed E-state index contributed by atoms with van der Waals surface area (Å²) in [7, 11) is 0. The molecule has 3 aliphatic rings. The predicted molar refractivity (Wildman–Crippen MR) is 272 cm³/mol. The number of ether oxygens (including phenoxy) is 2. The monoisotopic (exact) mass is 895 g/mol. The summed E-state index contributed by atoms with van der Waals surface area (Å²) < 4.78 is 18.0. The average Bonchev–Trinajstić information content (AvgIpc) is 4.04. The molecular formula is C61H33N7O2. The number of hydrogen-bond acceptors (Lipinski definition) is 7. The molecule has 0 atom stereocenters. The number of rotatable bonds is 3. The zero-order valence-electron chi connectivity index (χ0n) is 37.0. The highest BCUT2D eigenvalue weighted by Gasteiger charge is 2.53. The number of pyridine rings is 2. The first-order chi connectivity index (χ1) is 34.6. The Kier molecular flexibility index (Phi) is 7.65. The van der Waals surface area contributed by atoms with E-state index in [0.29, 0.717) is 16.9 Å². The highest BCUT2D eigenvalue weighted by atomic mass is 16.5. The fourth-order valence-corrected chi connectivity index (χ4v) is 11.6. The molecule has 0 unspecified atom stereocenters. The second-order valence-corrected chi connectivity index (χ2v) is 18.0. The van der Waals surface area contributed by atoms with Crippen molar-refractivity contribution in [2.45, 2.75) is 5.41 Å². The van der Waals surface area contributed by atoms with Crippen LogP contribution in [0.15, 0.2) is 200 Å². The maximum atomic E-state index is 9.99. The first-order valence-corrected chi connectivity index (χ1v) is 23.1. The molecular weight excluding hydrogens is 863 g/mol. The third-order valence-electron chi connectivity index (χ3n) is 14.5. The van der Waals surface area contributed by atoms with E-state index in [1.165, 1.54) is 0 Å². The number of benzene rings is 8. The first kappa shape index (κ1) is 38.2. The molecule has 0 saturated heterocycles. The van der Waals surface area contributed by atoms with Crippen LogP contribution in [0.3, 0.4) is 0 Å². The van der Waals surface area contributed by atoms with Gasteiger partial charge in [-0.05, 0) is 109 Å². The Morgan fingerprint density at radius 2 is 0.843 bits per heavy atom. The maximum absolute atomic E-state index is 9.99. The van der Waals surface area contributed by atoms with Gasteiger partial charge in [-0.1, -0.05) is 78.9 Å². The van der Waals surface area contributed by atoms with E-state index in [2.05, 4.69) is 117 Å². The molecule has 9 nitrogen and oxygen atoms in total. The van der Waals surface area contributed by atoms with Gasteiger partial charge in [0.1, 0.15) is 11.5 Å². The van der Waals surface area contributed by atoms with Crippen LogP contribution >= 0.6 is 0 Å². The second-order valence-electron chi connectivity index (χ2n) is 18.0. The lowest BCUT2D eigenvalue weighted by atomic mass is 9.66. The molecule has 4 aromatic heterocycles. The van der Waals surface area contributed by atoms with Gasteiger partial charge in [0, 0.05) is 49.5 Å². The van der Waals surface area contributed by atoms with E-state index in [9.17, 15) is 10.5 Å². The van der Waals surface area contributed by atoms with E-state index < -0.39 is 5.41 Å². The number of anilines is 3. The molecule has 0 fully saturated rings. The Labute approximate surface area is 400 Å². The summed E-state index contributed by atoms with van der Waals surface area (Å²) in [4.78, 5) is 13.2. The number of nitrogens with zero attached hydrogens (tertiary/aromatic N) is 7. The molecule has 12 aromatic rings. The van der Waals surface area contributed by atoms with Crippen LogP contribution in [0.4, 0.5) is 17.1 Å². The standard InChI is InChI=1S/C61H33N7O2/c62-32-36-21-24-51-43(27-36)41-11-1-4-14-49(41)67(51)39-30-47-59(64-34-39)60-48(31-40(35-65-60)68-50-15-5-2-12-42(50)44-28-37(33-63)22-25-52(44)68)61(47)45-13-3-8-18-55(45)69-56-26-23-38(29-46(56)61)66-53-16-6-9-19-57(53)70-58-20-10-7-17-54(58)66/h1-31,34-35H. The third kappa shape index (κ3) is 5.02. The van der Waals surface area contributed by atoms with Gasteiger partial charge < -0.3 is 23.5 Å². The summed E-state index contributed by atoms with van der Waals surface area (Å²) >= 11 is 0. The lowest BCUT2D eigenvalue weighted by molar-refractivity contribution is 0.436. The minimum atomic E-state index is -1.01. The van der Waals surface area contributed by atoms with Gasteiger partial charge in [-0.25, -0.2) is 0 Å². The van der Waals surface area contributed by atoms with Gasteiger partial charge >= 0.3 is 0 Å². The fraction of sp³-hybridized carbons (Fsp3) is 0.0164. The van der Waals surface area contributed by atoms with Crippen LogP contribution in [-0.4, -0.2) is 19.1 Å². The molecule has 9 heteroatoms. The van der Waals surface area contributed by atoms with Crippen molar-refractivity contribution in [2.75, 3.05) is 4.90 Å². The van der Waals surface area contributed by atoms with Crippen LogP contribution < -0.4 is 14.4 Å². The number of fused-ring (bicyclic) bond motifs is 17. The summed E-state index contributed by atoms with van der Waals surface area (Å²) in [5.74, 6) is 2.97. The topological polar surface area (TPSA) is 105 Å². The summed E-state index contributed by atoms with van der Waals surface area (Å²) in [5, 5.41) is 24.0. The summed E-state index contributed by atoms with van der Waals surface area (Å²) in [6.45, 7) is 0. The Bertz CT molecular complexity index is 4150. The molecule has 324 valence electrons. The lowest BCUT2D eigenvalue weighted by Crippen LogP contribution is -2.33. The number of hydrogen-bond donors (Lipinski definition) is 0. The Balaban J connectivity index is 1.06. The molecule has 2 aliphatic heterocycles. The molecule has 0 saturated carbocycles. The zero-order chi connectivity index (χ0) is 46.2. The Hall–Kier alpha value is -9.96. The van der Waals surface area contributed by atoms with Crippen molar-refractivity contribution in [3.8, 4) is 57.9 Å². The van der Waals surface area contributed by atoms with Crippen molar-refractivity contribution >= 4 is 60.7 Å². The van der Waals surface area contributed by atoms with Crippen molar-refractivity contribution < 1.29 is 9.47 Å². The fourth-order valence-electron chi connectivity index (χ4n) is 11.6. The lowest BCUT2D eigenvalue weighted by Gasteiger charge is -2.40. The van der Waals surface area contributed by atoms with E-state index in [4.69, 9.17) is 19.4 Å². The minimum absolute atomic E-state index is 0.601. The summed E-state index contributed by atoms with van der Waals surface area (Å²) in [6.07, 6.45) is 3.90. The molecule has 15 rings (SSSR count). The van der Waals surface area contributed by atoms with Crippen LogP contribution in [0.2, 0.25) is 0 Å². The molecule has 0 amide bonds. The summed E-state index contributed by atoms with van der Waals surface area (Å²) in [5.41, 5.74) is 14.0. The predicted octanol–water partition coefficient (Wildman–Crippen LogP) is 14.5. The molecule has 1 spiro atoms. The normalized spacial score (nSPS) is 13.4. The number of aromatic nitrogens is 4. The van der Waals surface area contributed by atoms with Gasteiger partial charge in [0.05, 0.1) is 97.3 Å². The first-order valence-electron chi connectivity index (χ1n) is 23.1. The quantitative estimate of drug-likeness (QED) is 0.174. The van der Waals surface area contributed by atoms with Gasteiger partial charge in [-0.15, -0.1) is 0 Å². The van der Waals surface area contributed by atoms with Crippen LogP contribution in [-0.2, 0) is 5.41 Å².